The van der Waals surface area contributed by atoms with Crippen LogP contribution in [0, 0.1) is 5.92 Å². The average Bonchev–Trinajstić information content (AvgIpc) is 3.37. The van der Waals surface area contributed by atoms with E-state index in [1.807, 2.05) is 23.1 Å². The molecular weight excluding hydrogens is 266 g/mol. The first-order chi connectivity index (χ1) is 10.3. The molecule has 1 aliphatic carbocycles. The third-order valence-corrected chi connectivity index (χ3v) is 4.22. The molecule has 0 aromatic heterocycles. The number of piperazine rings is 1. The Morgan fingerprint density at radius 3 is 2.71 bits per heavy atom. The summed E-state index contributed by atoms with van der Waals surface area (Å²) in [5, 5.41) is 3.04. The summed E-state index contributed by atoms with van der Waals surface area (Å²) in [7, 11) is 1.68. The number of anilines is 1. The maximum atomic E-state index is 12.1. The number of methoxy groups -OCH3 is 1. The Bertz CT molecular complexity index is 494. The summed E-state index contributed by atoms with van der Waals surface area (Å²) in [5.74, 6) is 1.60. The molecule has 1 heterocycles. The second-order valence-corrected chi connectivity index (χ2v) is 5.81. The summed E-state index contributed by atoms with van der Waals surface area (Å²) < 4.78 is 5.26. The van der Waals surface area contributed by atoms with E-state index in [1.54, 1.807) is 7.11 Å². The maximum Gasteiger partial charge on any atom is 0.317 e. The lowest BCUT2D eigenvalue weighted by atomic mass is 10.2. The molecule has 21 heavy (non-hydrogen) atoms. The molecule has 114 valence electrons. The van der Waals surface area contributed by atoms with Crippen molar-refractivity contribution in [2.45, 2.75) is 12.8 Å². The van der Waals surface area contributed by atoms with Crippen LogP contribution in [-0.4, -0.2) is 50.8 Å². The predicted octanol–water partition coefficient (Wildman–Crippen LogP) is 1.94. The van der Waals surface area contributed by atoms with Gasteiger partial charge in [-0.15, -0.1) is 0 Å². The van der Waals surface area contributed by atoms with E-state index in [1.165, 1.54) is 12.8 Å². The van der Waals surface area contributed by atoms with E-state index in [0.29, 0.717) is 0 Å². The second-order valence-electron chi connectivity index (χ2n) is 5.81. The van der Waals surface area contributed by atoms with Crippen molar-refractivity contribution >= 4 is 11.7 Å². The first kappa shape index (κ1) is 14.0. The van der Waals surface area contributed by atoms with Gasteiger partial charge in [0.15, 0.2) is 0 Å². The molecule has 1 saturated carbocycles. The normalized spacial score (nSPS) is 18.5. The Hall–Kier alpha value is -1.91. The van der Waals surface area contributed by atoms with Crippen molar-refractivity contribution in [3.05, 3.63) is 24.3 Å². The first-order valence-electron chi connectivity index (χ1n) is 7.68. The van der Waals surface area contributed by atoms with Crippen molar-refractivity contribution in [2.24, 2.45) is 5.92 Å². The lowest BCUT2D eigenvalue weighted by Crippen LogP contribution is -2.52. The zero-order valence-corrected chi connectivity index (χ0v) is 12.5. The Balaban J connectivity index is 1.50. The number of carbonyl (C=O) groups is 1. The van der Waals surface area contributed by atoms with E-state index in [-0.39, 0.29) is 6.03 Å². The molecule has 0 atom stereocenters. The molecule has 5 nitrogen and oxygen atoms in total. The lowest BCUT2D eigenvalue weighted by molar-refractivity contribution is 0.194. The molecule has 1 aromatic carbocycles. The number of amides is 2. The van der Waals surface area contributed by atoms with Crippen molar-refractivity contribution in [2.75, 3.05) is 44.7 Å². The standard InChI is InChI=1S/C16H23N3O2/c1-21-15-4-2-3-14(11-15)18-7-9-19(10-8-18)16(20)17-12-13-5-6-13/h2-4,11,13H,5-10,12H2,1H3,(H,17,20). The summed E-state index contributed by atoms with van der Waals surface area (Å²) in [4.78, 5) is 16.3. The number of rotatable bonds is 4. The third-order valence-electron chi connectivity index (χ3n) is 4.22. The Labute approximate surface area is 125 Å². The molecule has 1 aromatic rings. The summed E-state index contributed by atoms with van der Waals surface area (Å²) in [6, 6.07) is 8.18. The van der Waals surface area contributed by atoms with Gasteiger partial charge >= 0.3 is 6.03 Å². The largest absolute Gasteiger partial charge is 0.497 e. The topological polar surface area (TPSA) is 44.8 Å². The van der Waals surface area contributed by atoms with Crippen molar-refractivity contribution < 1.29 is 9.53 Å². The highest BCUT2D eigenvalue weighted by Crippen LogP contribution is 2.27. The molecule has 2 amide bonds. The van der Waals surface area contributed by atoms with Crippen molar-refractivity contribution in [1.29, 1.82) is 0 Å². The molecule has 0 radical (unpaired) electrons. The van der Waals surface area contributed by atoms with Gasteiger partial charge in [-0.3, -0.25) is 0 Å². The highest BCUT2D eigenvalue weighted by atomic mass is 16.5. The predicted molar refractivity (Wildman–Crippen MR) is 82.9 cm³/mol. The number of ether oxygens (including phenoxy) is 1. The maximum absolute atomic E-state index is 12.1. The van der Waals surface area contributed by atoms with Crippen LogP contribution in [0.1, 0.15) is 12.8 Å². The molecule has 5 heteroatoms. The lowest BCUT2D eigenvalue weighted by Gasteiger charge is -2.36. The van der Waals surface area contributed by atoms with E-state index < -0.39 is 0 Å². The van der Waals surface area contributed by atoms with Gasteiger partial charge in [-0.05, 0) is 30.9 Å². The third kappa shape index (κ3) is 3.60. The summed E-state index contributed by atoms with van der Waals surface area (Å²) >= 11 is 0. The van der Waals surface area contributed by atoms with E-state index in [0.717, 1.165) is 50.1 Å². The highest BCUT2D eigenvalue weighted by molar-refractivity contribution is 5.74. The van der Waals surface area contributed by atoms with Gasteiger partial charge in [0.2, 0.25) is 0 Å². The molecule has 1 aliphatic heterocycles. The van der Waals surface area contributed by atoms with Gasteiger partial charge in [0.05, 0.1) is 7.11 Å². The van der Waals surface area contributed by atoms with E-state index in [9.17, 15) is 4.79 Å². The molecule has 0 unspecified atom stereocenters. The fourth-order valence-electron chi connectivity index (χ4n) is 2.64. The monoisotopic (exact) mass is 289 g/mol. The van der Waals surface area contributed by atoms with E-state index in [2.05, 4.69) is 16.3 Å². The van der Waals surface area contributed by atoms with Crippen molar-refractivity contribution in [3.63, 3.8) is 0 Å². The molecule has 3 rings (SSSR count). The molecule has 2 aliphatic rings. The van der Waals surface area contributed by atoms with Crippen LogP contribution in [0.3, 0.4) is 0 Å². The van der Waals surface area contributed by atoms with Crippen LogP contribution in [0.5, 0.6) is 5.75 Å². The van der Waals surface area contributed by atoms with Crippen molar-refractivity contribution in [3.8, 4) is 5.75 Å². The quantitative estimate of drug-likeness (QED) is 0.921. The van der Waals surface area contributed by atoms with Gasteiger partial charge in [-0.25, -0.2) is 4.79 Å². The van der Waals surface area contributed by atoms with Crippen LogP contribution < -0.4 is 15.0 Å². The fourth-order valence-corrected chi connectivity index (χ4v) is 2.64. The van der Waals surface area contributed by atoms with Crippen LogP contribution in [-0.2, 0) is 0 Å². The van der Waals surface area contributed by atoms with Gasteiger partial charge in [0, 0.05) is 44.5 Å². The number of hydrogen-bond acceptors (Lipinski definition) is 3. The van der Waals surface area contributed by atoms with E-state index >= 15 is 0 Å². The number of hydrogen-bond donors (Lipinski definition) is 1. The van der Waals surface area contributed by atoms with Crippen LogP contribution in [0.25, 0.3) is 0 Å². The minimum atomic E-state index is 0.0900. The molecule has 0 bridgehead atoms. The molecular formula is C16H23N3O2. The number of benzene rings is 1. The summed E-state index contributed by atoms with van der Waals surface area (Å²) in [5.41, 5.74) is 1.16. The molecule has 1 saturated heterocycles. The summed E-state index contributed by atoms with van der Waals surface area (Å²) in [6.07, 6.45) is 2.54. The van der Waals surface area contributed by atoms with Gasteiger partial charge in [0.25, 0.3) is 0 Å². The Morgan fingerprint density at radius 1 is 1.29 bits per heavy atom. The van der Waals surface area contributed by atoms with Crippen LogP contribution in [0.2, 0.25) is 0 Å². The number of urea groups is 1. The van der Waals surface area contributed by atoms with Crippen LogP contribution in [0.15, 0.2) is 24.3 Å². The Kier molecular flexibility index (Phi) is 4.18. The molecule has 0 spiro atoms. The van der Waals surface area contributed by atoms with Crippen LogP contribution in [0.4, 0.5) is 10.5 Å². The highest BCUT2D eigenvalue weighted by Gasteiger charge is 2.25. The van der Waals surface area contributed by atoms with Crippen molar-refractivity contribution in [1.82, 2.24) is 10.2 Å². The number of nitrogens with one attached hydrogen (secondary N) is 1. The zero-order chi connectivity index (χ0) is 14.7. The second kappa shape index (κ2) is 6.24. The zero-order valence-electron chi connectivity index (χ0n) is 12.5. The first-order valence-corrected chi connectivity index (χ1v) is 7.68. The fraction of sp³-hybridized carbons (Fsp3) is 0.562. The SMILES string of the molecule is COc1cccc(N2CCN(C(=O)NCC3CC3)CC2)c1. The smallest absolute Gasteiger partial charge is 0.317 e. The van der Waals surface area contributed by atoms with Gasteiger partial charge < -0.3 is 19.9 Å². The van der Waals surface area contributed by atoms with Crippen LogP contribution >= 0.6 is 0 Å². The van der Waals surface area contributed by atoms with Gasteiger partial charge in [-0.1, -0.05) is 6.07 Å². The number of carbonyl (C=O) groups excluding carboxylic acids is 1. The number of nitrogens with zero attached hydrogens (tertiary/aromatic N) is 2. The minimum absolute atomic E-state index is 0.0900. The van der Waals surface area contributed by atoms with Gasteiger partial charge in [0.1, 0.15) is 5.75 Å². The van der Waals surface area contributed by atoms with E-state index in [4.69, 9.17) is 4.74 Å². The summed E-state index contributed by atoms with van der Waals surface area (Å²) in [6.45, 7) is 4.12. The molecule has 2 fully saturated rings. The van der Waals surface area contributed by atoms with Gasteiger partial charge in [-0.2, -0.15) is 0 Å². The average molecular weight is 289 g/mol. The molecule has 1 N–H and O–H groups in total. The minimum Gasteiger partial charge on any atom is -0.497 e. The Morgan fingerprint density at radius 2 is 2.05 bits per heavy atom.